The van der Waals surface area contributed by atoms with Gasteiger partial charge in [-0.3, -0.25) is 9.78 Å². The average Bonchev–Trinajstić information content (AvgIpc) is 2.80. The Morgan fingerprint density at radius 2 is 1.97 bits per heavy atom. The molecule has 32 heavy (non-hydrogen) atoms. The summed E-state index contributed by atoms with van der Waals surface area (Å²) in [4.78, 5) is 26.2. The summed E-state index contributed by atoms with van der Waals surface area (Å²) in [6.07, 6.45) is 3.35. The fraction of sp³-hybridized carbons (Fsp3) is 0.208. The van der Waals surface area contributed by atoms with Gasteiger partial charge in [-0.15, -0.1) is 0 Å². The summed E-state index contributed by atoms with van der Waals surface area (Å²) in [6, 6.07) is 12.5. The van der Waals surface area contributed by atoms with E-state index in [1.807, 2.05) is 36.1 Å². The Hall–Kier alpha value is -3.78. The number of rotatable bonds is 4. The van der Waals surface area contributed by atoms with Crippen LogP contribution in [-0.2, 0) is 4.74 Å². The molecule has 0 amide bonds. The Labute approximate surface area is 183 Å². The summed E-state index contributed by atoms with van der Waals surface area (Å²) in [5, 5.41) is 4.29. The van der Waals surface area contributed by atoms with Gasteiger partial charge in [0.2, 0.25) is 0 Å². The summed E-state index contributed by atoms with van der Waals surface area (Å²) in [5.41, 5.74) is 3.18. The van der Waals surface area contributed by atoms with E-state index in [-0.39, 0.29) is 11.4 Å². The lowest BCUT2D eigenvalue weighted by Gasteiger charge is -2.29. The molecule has 0 spiro atoms. The number of nitrogens with zero attached hydrogens (tertiary/aromatic N) is 3. The second kappa shape index (κ2) is 8.39. The van der Waals surface area contributed by atoms with Crippen LogP contribution in [0, 0.1) is 12.7 Å². The Morgan fingerprint density at radius 1 is 1.12 bits per heavy atom. The fourth-order valence-corrected chi connectivity index (χ4v) is 3.85. The predicted octanol–water partition coefficient (Wildman–Crippen LogP) is 4.01. The molecule has 0 atom stereocenters. The van der Waals surface area contributed by atoms with Gasteiger partial charge in [0.25, 0.3) is 5.56 Å². The van der Waals surface area contributed by atoms with Crippen molar-refractivity contribution in [3.8, 4) is 11.3 Å². The number of ether oxygens (including phenoxy) is 1. The van der Waals surface area contributed by atoms with Crippen LogP contribution < -0.4 is 15.8 Å². The van der Waals surface area contributed by atoms with E-state index in [1.54, 1.807) is 24.5 Å². The van der Waals surface area contributed by atoms with Crippen LogP contribution in [0.1, 0.15) is 5.69 Å². The van der Waals surface area contributed by atoms with E-state index < -0.39 is 0 Å². The van der Waals surface area contributed by atoms with Crippen LogP contribution in [0.3, 0.4) is 0 Å². The number of benzene rings is 1. The molecule has 0 unspecified atom stereocenters. The lowest BCUT2D eigenvalue weighted by molar-refractivity contribution is 0.122. The first-order valence-electron chi connectivity index (χ1n) is 10.4. The molecule has 1 aliphatic rings. The highest BCUT2D eigenvalue weighted by molar-refractivity contribution is 5.95. The van der Waals surface area contributed by atoms with Crippen molar-refractivity contribution in [3.63, 3.8) is 0 Å². The minimum absolute atomic E-state index is 0.267. The Bertz CT molecular complexity index is 1330. The highest BCUT2D eigenvalue weighted by Crippen LogP contribution is 2.29. The van der Waals surface area contributed by atoms with Gasteiger partial charge in [0.15, 0.2) is 0 Å². The Kier molecular flexibility index (Phi) is 5.28. The Morgan fingerprint density at radius 3 is 2.72 bits per heavy atom. The normalized spacial score (nSPS) is 14.0. The highest BCUT2D eigenvalue weighted by atomic mass is 19.1. The molecule has 162 valence electrons. The number of aryl methyl sites for hydroxylation is 1. The minimum Gasteiger partial charge on any atom is -0.378 e. The van der Waals surface area contributed by atoms with Crippen LogP contribution in [0.5, 0.6) is 0 Å². The van der Waals surface area contributed by atoms with E-state index in [4.69, 9.17) is 4.74 Å². The van der Waals surface area contributed by atoms with Gasteiger partial charge in [0.05, 0.1) is 30.0 Å². The van der Waals surface area contributed by atoms with Crippen LogP contribution in [0.25, 0.3) is 22.0 Å². The maximum Gasteiger partial charge on any atom is 0.259 e. The van der Waals surface area contributed by atoms with Crippen molar-refractivity contribution in [2.45, 2.75) is 6.92 Å². The summed E-state index contributed by atoms with van der Waals surface area (Å²) in [7, 11) is 0. The first-order chi connectivity index (χ1) is 15.6. The van der Waals surface area contributed by atoms with Gasteiger partial charge < -0.3 is 19.9 Å². The van der Waals surface area contributed by atoms with Crippen molar-refractivity contribution >= 4 is 28.0 Å². The maximum absolute atomic E-state index is 14.9. The molecular weight excluding hydrogens is 409 g/mol. The summed E-state index contributed by atoms with van der Waals surface area (Å²) in [6.45, 7) is 4.38. The lowest BCUT2D eigenvalue weighted by atomic mass is 10.1. The number of pyridine rings is 3. The van der Waals surface area contributed by atoms with Gasteiger partial charge in [0.1, 0.15) is 11.6 Å². The molecule has 1 fully saturated rings. The third-order valence-corrected chi connectivity index (χ3v) is 5.52. The number of hydrogen-bond acceptors (Lipinski definition) is 6. The van der Waals surface area contributed by atoms with Crippen LogP contribution in [0.15, 0.2) is 59.7 Å². The molecule has 2 N–H and O–H groups in total. The monoisotopic (exact) mass is 431 g/mol. The zero-order chi connectivity index (χ0) is 22.1. The van der Waals surface area contributed by atoms with Crippen molar-refractivity contribution in [3.05, 3.63) is 76.7 Å². The van der Waals surface area contributed by atoms with E-state index in [2.05, 4.69) is 20.3 Å². The molecule has 0 aliphatic carbocycles. The molecule has 3 aromatic heterocycles. The molecule has 5 rings (SSSR count). The van der Waals surface area contributed by atoms with E-state index in [1.165, 1.54) is 6.07 Å². The van der Waals surface area contributed by atoms with E-state index in [0.717, 1.165) is 16.6 Å². The highest BCUT2D eigenvalue weighted by Gasteiger charge is 2.17. The number of fused-ring (bicyclic) bond motifs is 1. The van der Waals surface area contributed by atoms with Crippen molar-refractivity contribution in [2.24, 2.45) is 0 Å². The number of H-pyrrole nitrogens is 1. The number of anilines is 3. The second-order valence-corrected chi connectivity index (χ2v) is 7.71. The van der Waals surface area contributed by atoms with Crippen molar-refractivity contribution < 1.29 is 9.13 Å². The van der Waals surface area contributed by atoms with Gasteiger partial charge in [-0.2, -0.15) is 0 Å². The first kappa shape index (κ1) is 20.1. The molecule has 1 aromatic carbocycles. The quantitative estimate of drug-likeness (QED) is 0.508. The number of nitrogens with one attached hydrogen (secondary N) is 2. The fourth-order valence-electron chi connectivity index (χ4n) is 3.85. The summed E-state index contributed by atoms with van der Waals surface area (Å²) >= 11 is 0. The Balaban J connectivity index is 1.55. The van der Waals surface area contributed by atoms with Gasteiger partial charge in [-0.1, -0.05) is 0 Å². The molecule has 0 bridgehead atoms. The summed E-state index contributed by atoms with van der Waals surface area (Å²) in [5.74, 6) is 0.0208. The van der Waals surface area contributed by atoms with Crippen LogP contribution in [-0.4, -0.2) is 41.3 Å². The first-order valence-corrected chi connectivity index (χ1v) is 10.4. The molecule has 8 heteroatoms. The standard InChI is InChI=1S/C24H22FN5O2/c1-15-2-3-17(14-27-15)20-12-16-6-7-26-24(31)22(16)23(29-20)28-18-4-5-21(19(25)13-18)30-8-10-32-11-9-30/h2-7,12-14H,8-11H2,1H3,(H,26,31)(H,28,29). The molecule has 0 saturated carbocycles. The largest absolute Gasteiger partial charge is 0.378 e. The van der Waals surface area contributed by atoms with Crippen LogP contribution in [0.4, 0.5) is 21.6 Å². The van der Waals surface area contributed by atoms with Gasteiger partial charge in [-0.05, 0) is 54.8 Å². The molecule has 7 nitrogen and oxygen atoms in total. The van der Waals surface area contributed by atoms with Crippen LogP contribution in [0.2, 0.25) is 0 Å². The van der Waals surface area contributed by atoms with E-state index >= 15 is 0 Å². The second-order valence-electron chi connectivity index (χ2n) is 7.71. The van der Waals surface area contributed by atoms with E-state index in [9.17, 15) is 9.18 Å². The van der Waals surface area contributed by atoms with Crippen LogP contribution >= 0.6 is 0 Å². The van der Waals surface area contributed by atoms with Crippen molar-refractivity contribution in [1.82, 2.24) is 15.0 Å². The molecule has 4 aromatic rings. The van der Waals surface area contributed by atoms with Gasteiger partial charge in [0, 0.05) is 42.4 Å². The SMILES string of the molecule is Cc1ccc(-c2cc3cc[nH]c(=O)c3c(Nc3ccc(N4CCOCC4)c(F)c3)n2)cn1. The number of morpholine rings is 1. The third kappa shape index (κ3) is 3.92. The van der Waals surface area contributed by atoms with Gasteiger partial charge >= 0.3 is 0 Å². The maximum atomic E-state index is 14.9. The van der Waals surface area contributed by atoms with Crippen molar-refractivity contribution in [2.75, 3.05) is 36.5 Å². The number of aromatic amines is 1. The third-order valence-electron chi connectivity index (χ3n) is 5.52. The van der Waals surface area contributed by atoms with Crippen molar-refractivity contribution in [1.29, 1.82) is 0 Å². The summed E-state index contributed by atoms with van der Waals surface area (Å²) < 4.78 is 20.2. The molecule has 1 aliphatic heterocycles. The molecule has 0 radical (unpaired) electrons. The molecule has 4 heterocycles. The number of aromatic nitrogens is 3. The zero-order valence-electron chi connectivity index (χ0n) is 17.6. The topological polar surface area (TPSA) is 83.1 Å². The van der Waals surface area contributed by atoms with Gasteiger partial charge in [-0.25, -0.2) is 9.37 Å². The zero-order valence-corrected chi connectivity index (χ0v) is 17.6. The lowest BCUT2D eigenvalue weighted by Crippen LogP contribution is -2.36. The van der Waals surface area contributed by atoms with E-state index in [0.29, 0.717) is 54.6 Å². The average molecular weight is 431 g/mol. The smallest absolute Gasteiger partial charge is 0.259 e. The molecular formula is C24H22FN5O2. The molecule has 1 saturated heterocycles. The predicted molar refractivity (Wildman–Crippen MR) is 123 cm³/mol. The number of hydrogen-bond donors (Lipinski definition) is 2. The minimum atomic E-state index is -0.339. The number of halogens is 1.